The van der Waals surface area contributed by atoms with E-state index in [1.54, 1.807) is 6.92 Å². The second-order valence-electron chi connectivity index (χ2n) is 4.68. The number of aliphatic carboxylic acids is 2. The Labute approximate surface area is 136 Å². The molecule has 0 bridgehead atoms. The van der Waals surface area contributed by atoms with Gasteiger partial charge in [0.2, 0.25) is 5.60 Å². The Morgan fingerprint density at radius 2 is 1.77 bits per heavy atom. The van der Waals surface area contributed by atoms with Crippen LogP contribution in [0.2, 0.25) is 0 Å². The molecule has 2 atom stereocenters. The zero-order chi connectivity index (χ0) is 17.1. The quantitative estimate of drug-likeness (QED) is 0.565. The second kappa shape index (κ2) is 6.54. The van der Waals surface area contributed by atoms with Crippen LogP contribution in [0.15, 0.2) is 34.9 Å². The van der Waals surface area contributed by atoms with Gasteiger partial charge in [-0.25, -0.2) is 9.59 Å². The molecule has 2 unspecified atom stereocenters. The molecule has 0 heterocycles. The lowest BCUT2D eigenvalue weighted by molar-refractivity contribution is -0.189. The first-order valence-corrected chi connectivity index (χ1v) is 7.01. The van der Waals surface area contributed by atoms with Gasteiger partial charge in [0.1, 0.15) is 5.41 Å². The van der Waals surface area contributed by atoms with Crippen LogP contribution in [0.25, 0.3) is 0 Å². The molecule has 0 fully saturated rings. The van der Waals surface area contributed by atoms with Crippen LogP contribution in [-0.2, 0) is 19.1 Å². The molecule has 0 saturated carbocycles. The van der Waals surface area contributed by atoms with Crippen molar-refractivity contribution >= 4 is 41.1 Å². The Morgan fingerprint density at radius 1 is 1.23 bits per heavy atom. The molecule has 22 heavy (non-hydrogen) atoms. The van der Waals surface area contributed by atoms with Crippen molar-refractivity contribution in [3.8, 4) is 0 Å². The Hall–Kier alpha value is -1.79. The number of ether oxygens (including phenoxy) is 1. The van der Waals surface area contributed by atoms with E-state index in [4.69, 9.17) is 27.9 Å². The summed E-state index contributed by atoms with van der Waals surface area (Å²) in [7, 11) is 0. The van der Waals surface area contributed by atoms with Crippen molar-refractivity contribution in [2.24, 2.45) is 5.41 Å². The summed E-state index contributed by atoms with van der Waals surface area (Å²) >= 11 is 11.7. The van der Waals surface area contributed by atoms with E-state index in [2.05, 4.69) is 6.58 Å². The largest absolute Gasteiger partial charge is 0.480 e. The molecule has 1 aliphatic rings. The summed E-state index contributed by atoms with van der Waals surface area (Å²) in [5, 5.41) is 18.9. The number of halogens is 2. The van der Waals surface area contributed by atoms with Gasteiger partial charge in [0.05, 0.1) is 10.1 Å². The van der Waals surface area contributed by atoms with Gasteiger partial charge in [-0.05, 0) is 18.6 Å². The molecule has 0 aliphatic heterocycles. The minimum atomic E-state index is -2.52. The molecular weight excluding hydrogens is 335 g/mol. The van der Waals surface area contributed by atoms with Gasteiger partial charge < -0.3 is 14.9 Å². The zero-order valence-electron chi connectivity index (χ0n) is 11.6. The predicted octanol–water partition coefficient (Wildman–Crippen LogP) is 2.67. The summed E-state index contributed by atoms with van der Waals surface area (Å²) in [5.41, 5.74) is -4.60. The molecular formula is C14H14Cl2O6. The van der Waals surface area contributed by atoms with E-state index in [1.807, 2.05) is 0 Å². The number of carboxylic acid groups (broad SMARTS) is 2. The summed E-state index contributed by atoms with van der Waals surface area (Å²) in [6, 6.07) is 0. The van der Waals surface area contributed by atoms with E-state index in [-0.39, 0.29) is 16.5 Å². The number of carboxylic acids is 2. The van der Waals surface area contributed by atoms with Crippen LogP contribution in [0.5, 0.6) is 0 Å². The molecule has 120 valence electrons. The van der Waals surface area contributed by atoms with Gasteiger partial charge in [-0.15, -0.1) is 0 Å². The number of allylic oxidation sites excluding steroid dienone is 2. The van der Waals surface area contributed by atoms with Crippen LogP contribution >= 0.6 is 23.2 Å². The lowest BCUT2D eigenvalue weighted by Gasteiger charge is -2.42. The maximum Gasteiger partial charge on any atom is 0.354 e. The van der Waals surface area contributed by atoms with Crippen LogP contribution in [-0.4, -0.2) is 33.7 Å². The average molecular weight is 349 g/mol. The highest BCUT2D eigenvalue weighted by Crippen LogP contribution is 2.49. The third-order valence-corrected chi connectivity index (χ3v) is 4.09. The summed E-state index contributed by atoms with van der Waals surface area (Å²) in [5.74, 6) is -4.25. The van der Waals surface area contributed by atoms with E-state index in [0.29, 0.717) is 6.42 Å². The Kier molecular flexibility index (Phi) is 5.43. The maximum atomic E-state index is 11.9. The van der Waals surface area contributed by atoms with Crippen LogP contribution in [0.4, 0.5) is 0 Å². The molecule has 2 N–H and O–H groups in total. The number of hydrogen-bond acceptors (Lipinski definition) is 4. The van der Waals surface area contributed by atoms with Gasteiger partial charge in [-0.1, -0.05) is 43.1 Å². The standard InChI is InChI=1S/C14H14Cl2O6/c1-3-5-13(11(18)19)6-8(15)9(16)7-14(13,12(20)21)22-10(17)4-2/h4,6-7H,2-3,5H2,1H3,(H,18,19)(H,20,21). The van der Waals surface area contributed by atoms with Crippen molar-refractivity contribution in [3.05, 3.63) is 34.9 Å². The fraction of sp³-hybridized carbons (Fsp3) is 0.357. The van der Waals surface area contributed by atoms with Gasteiger partial charge in [-0.2, -0.15) is 0 Å². The van der Waals surface area contributed by atoms with Crippen molar-refractivity contribution in [1.29, 1.82) is 0 Å². The third-order valence-electron chi connectivity index (χ3n) is 3.37. The van der Waals surface area contributed by atoms with E-state index in [1.165, 1.54) is 0 Å². The number of esters is 1. The van der Waals surface area contributed by atoms with Crippen LogP contribution < -0.4 is 0 Å². The smallest absolute Gasteiger partial charge is 0.354 e. The van der Waals surface area contributed by atoms with Gasteiger partial charge in [0.15, 0.2) is 0 Å². The number of rotatable bonds is 6. The minimum absolute atomic E-state index is 0.121. The highest BCUT2D eigenvalue weighted by Gasteiger charge is 2.64. The topological polar surface area (TPSA) is 101 Å². The molecule has 6 nitrogen and oxygen atoms in total. The van der Waals surface area contributed by atoms with Crippen molar-refractivity contribution in [1.82, 2.24) is 0 Å². The van der Waals surface area contributed by atoms with Crippen molar-refractivity contribution in [3.63, 3.8) is 0 Å². The second-order valence-corrected chi connectivity index (χ2v) is 5.49. The number of carbonyl (C=O) groups is 3. The monoisotopic (exact) mass is 348 g/mol. The fourth-order valence-electron chi connectivity index (χ4n) is 2.37. The first kappa shape index (κ1) is 18.3. The Morgan fingerprint density at radius 3 is 2.18 bits per heavy atom. The normalized spacial score (nSPS) is 27.4. The maximum absolute atomic E-state index is 11.9. The van der Waals surface area contributed by atoms with Gasteiger partial charge in [-0.3, -0.25) is 4.79 Å². The molecule has 1 rings (SSSR count). The Balaban J connectivity index is 3.71. The van der Waals surface area contributed by atoms with Crippen molar-refractivity contribution in [2.45, 2.75) is 25.4 Å². The number of hydrogen-bond donors (Lipinski definition) is 2. The fourth-order valence-corrected chi connectivity index (χ4v) is 2.81. The van der Waals surface area contributed by atoms with Crippen LogP contribution in [0, 0.1) is 5.41 Å². The van der Waals surface area contributed by atoms with Crippen LogP contribution in [0.3, 0.4) is 0 Å². The molecule has 0 spiro atoms. The molecule has 0 radical (unpaired) electrons. The lowest BCUT2D eigenvalue weighted by Crippen LogP contribution is -2.59. The van der Waals surface area contributed by atoms with Crippen molar-refractivity contribution < 1.29 is 29.3 Å². The summed E-state index contributed by atoms with van der Waals surface area (Å²) < 4.78 is 4.94. The predicted molar refractivity (Wildman–Crippen MR) is 79.5 cm³/mol. The van der Waals surface area contributed by atoms with Gasteiger partial charge in [0.25, 0.3) is 0 Å². The molecule has 0 aromatic carbocycles. The first-order valence-electron chi connectivity index (χ1n) is 6.26. The highest BCUT2D eigenvalue weighted by atomic mass is 35.5. The van der Waals surface area contributed by atoms with E-state index < -0.39 is 28.9 Å². The summed E-state index contributed by atoms with van der Waals surface area (Å²) in [6.45, 7) is 4.84. The summed E-state index contributed by atoms with van der Waals surface area (Å²) in [4.78, 5) is 35.2. The van der Waals surface area contributed by atoms with Crippen LogP contribution in [0.1, 0.15) is 19.8 Å². The van der Waals surface area contributed by atoms with Gasteiger partial charge in [0, 0.05) is 6.08 Å². The molecule has 0 saturated heterocycles. The van der Waals surface area contributed by atoms with E-state index >= 15 is 0 Å². The summed E-state index contributed by atoms with van der Waals surface area (Å²) in [6.07, 6.45) is 2.76. The first-order chi connectivity index (χ1) is 10.2. The average Bonchev–Trinajstić information content (AvgIpc) is 2.43. The lowest BCUT2D eigenvalue weighted by atomic mass is 9.66. The SMILES string of the molecule is C=CC(=O)OC1(C(=O)O)C=C(Cl)C(Cl)=CC1(CCC)C(=O)O. The van der Waals surface area contributed by atoms with Gasteiger partial charge >= 0.3 is 17.9 Å². The van der Waals surface area contributed by atoms with E-state index in [0.717, 1.165) is 18.2 Å². The van der Waals surface area contributed by atoms with Crippen molar-refractivity contribution in [2.75, 3.05) is 0 Å². The number of carbonyl (C=O) groups excluding carboxylic acids is 1. The van der Waals surface area contributed by atoms with E-state index in [9.17, 15) is 24.6 Å². The molecule has 0 amide bonds. The molecule has 0 aromatic heterocycles. The highest BCUT2D eigenvalue weighted by molar-refractivity contribution is 6.44. The Bertz CT molecular complexity index is 594. The molecule has 0 aromatic rings. The minimum Gasteiger partial charge on any atom is -0.480 e. The zero-order valence-corrected chi connectivity index (χ0v) is 13.1. The molecule has 1 aliphatic carbocycles. The third kappa shape index (κ3) is 2.76. The molecule has 8 heteroatoms.